The van der Waals surface area contributed by atoms with Crippen LogP contribution in [0.2, 0.25) is 0 Å². The van der Waals surface area contributed by atoms with Crippen LogP contribution in [0, 0.1) is 6.92 Å². The second-order valence-electron chi connectivity index (χ2n) is 10.4. The lowest BCUT2D eigenvalue weighted by molar-refractivity contribution is -0.274. The molecule has 2 bridgehead atoms. The molecule has 1 saturated carbocycles. The van der Waals surface area contributed by atoms with Gasteiger partial charge in [0.25, 0.3) is 0 Å². The molecule has 6 rings (SSSR count). The number of carboxylic acids is 1. The van der Waals surface area contributed by atoms with Crippen LogP contribution in [-0.4, -0.2) is 50.8 Å². The number of carbonyl (C=O) groups is 1. The fourth-order valence-electron chi connectivity index (χ4n) is 5.86. The Morgan fingerprint density at radius 2 is 1.87 bits per heavy atom. The van der Waals surface area contributed by atoms with Gasteiger partial charge >= 0.3 is 12.3 Å². The zero-order valence-electron chi connectivity index (χ0n) is 21.1. The molecule has 2 aliphatic heterocycles. The first-order valence-corrected chi connectivity index (χ1v) is 13.0. The van der Waals surface area contributed by atoms with Crippen molar-refractivity contribution in [3.63, 3.8) is 0 Å². The van der Waals surface area contributed by atoms with Crippen molar-refractivity contribution in [3.05, 3.63) is 53.2 Å². The van der Waals surface area contributed by atoms with Gasteiger partial charge in [-0.2, -0.15) is 0 Å². The Morgan fingerprint density at radius 1 is 1.15 bits per heavy atom. The molecule has 0 radical (unpaired) electrons. The Balaban J connectivity index is 1.20. The molecule has 0 amide bonds. The molecule has 2 saturated heterocycles. The van der Waals surface area contributed by atoms with E-state index in [-0.39, 0.29) is 47.7 Å². The third kappa shape index (κ3) is 5.17. The van der Waals surface area contributed by atoms with Crippen molar-refractivity contribution in [2.24, 2.45) is 0 Å². The van der Waals surface area contributed by atoms with Crippen molar-refractivity contribution in [3.8, 4) is 17.0 Å². The van der Waals surface area contributed by atoms with E-state index in [1.54, 1.807) is 13.0 Å². The number of rotatable bonds is 8. The van der Waals surface area contributed by atoms with Gasteiger partial charge in [-0.25, -0.2) is 14.8 Å². The van der Waals surface area contributed by atoms with Crippen molar-refractivity contribution in [1.29, 1.82) is 0 Å². The number of aromatic carboxylic acids is 1. The minimum atomic E-state index is -4.83. The van der Waals surface area contributed by atoms with E-state index in [4.69, 9.17) is 9.26 Å². The van der Waals surface area contributed by atoms with Crippen LogP contribution in [0.25, 0.3) is 11.3 Å². The average Bonchev–Trinajstić information content (AvgIpc) is 3.58. The Morgan fingerprint density at radius 3 is 2.51 bits per heavy atom. The number of hydrogen-bond acceptors (Lipinski definition) is 8. The summed E-state index contributed by atoms with van der Waals surface area (Å²) < 4.78 is 55.4. The van der Waals surface area contributed by atoms with Crippen LogP contribution >= 0.6 is 0 Å². The zero-order chi connectivity index (χ0) is 27.3. The van der Waals surface area contributed by atoms with Gasteiger partial charge in [0.2, 0.25) is 0 Å². The number of anilines is 1. The van der Waals surface area contributed by atoms with Crippen molar-refractivity contribution in [1.82, 2.24) is 15.1 Å². The summed E-state index contributed by atoms with van der Waals surface area (Å²) in [5, 5.41) is 13.4. The number of para-hydroxylation sites is 1. The maximum absolute atomic E-state index is 13.1. The van der Waals surface area contributed by atoms with Gasteiger partial charge in [0, 0.05) is 29.1 Å². The lowest BCUT2D eigenvalue weighted by atomic mass is 9.99. The van der Waals surface area contributed by atoms with Crippen molar-refractivity contribution >= 4 is 11.8 Å². The van der Waals surface area contributed by atoms with Gasteiger partial charge in [-0.3, -0.25) is 0 Å². The number of aryl methyl sites for hydroxylation is 1. The van der Waals surface area contributed by atoms with Gasteiger partial charge in [-0.15, -0.1) is 13.2 Å². The molecule has 3 atom stereocenters. The summed E-state index contributed by atoms with van der Waals surface area (Å²) in [5.41, 5.74) is 1.50. The standard InChI is InChI=1S/C27H27F3N4O5/c1-14-23(26(35)36)31-12-22(32-14)34-16-8-9-17(34)11-18(10-16)37-13-20-24(33-39-25(20)15-6-7-15)19-4-2-3-5-21(19)38-27(28,29)30/h2-5,12,15-18H,6-11,13H2,1H3,(H,35,36)/t16-,17+,18-. The lowest BCUT2D eigenvalue weighted by Crippen LogP contribution is -2.46. The third-order valence-corrected chi connectivity index (χ3v) is 7.69. The molecule has 39 heavy (non-hydrogen) atoms. The molecule has 1 aliphatic carbocycles. The van der Waals surface area contributed by atoms with Crippen LogP contribution in [0.4, 0.5) is 19.0 Å². The fraction of sp³-hybridized carbons (Fsp3) is 0.481. The number of benzene rings is 1. The van der Waals surface area contributed by atoms with Crippen molar-refractivity contribution in [2.45, 2.75) is 82.5 Å². The molecule has 206 valence electrons. The van der Waals surface area contributed by atoms with Crippen LogP contribution in [0.5, 0.6) is 5.75 Å². The highest BCUT2D eigenvalue weighted by Gasteiger charge is 2.43. The van der Waals surface area contributed by atoms with E-state index >= 15 is 0 Å². The molecule has 12 heteroatoms. The first-order valence-electron chi connectivity index (χ1n) is 13.0. The highest BCUT2D eigenvalue weighted by atomic mass is 19.4. The highest BCUT2D eigenvalue weighted by molar-refractivity contribution is 5.86. The SMILES string of the molecule is Cc1nc(N2[C@@H]3CC[C@H]2C[C@H](OCc2c(-c4ccccc4OC(F)(F)F)noc2C2CC2)C3)cnc1C(=O)O. The summed E-state index contributed by atoms with van der Waals surface area (Å²) in [5.74, 6) is 0.0826. The molecule has 3 aromatic rings. The molecule has 3 fully saturated rings. The number of piperidine rings is 1. The average molecular weight is 545 g/mol. The van der Waals surface area contributed by atoms with Gasteiger partial charge in [0.05, 0.1) is 24.6 Å². The number of hydrogen-bond donors (Lipinski definition) is 1. The molecule has 1 aromatic carbocycles. The minimum Gasteiger partial charge on any atom is -0.476 e. The number of ether oxygens (including phenoxy) is 2. The van der Waals surface area contributed by atoms with E-state index in [1.807, 2.05) is 0 Å². The Hall–Kier alpha value is -3.67. The summed E-state index contributed by atoms with van der Waals surface area (Å²) in [6.07, 6.45) is 1.89. The summed E-state index contributed by atoms with van der Waals surface area (Å²) in [7, 11) is 0. The second-order valence-corrected chi connectivity index (χ2v) is 10.4. The smallest absolute Gasteiger partial charge is 0.476 e. The van der Waals surface area contributed by atoms with E-state index < -0.39 is 12.3 Å². The van der Waals surface area contributed by atoms with Crippen molar-refractivity contribution < 1.29 is 37.1 Å². The Bertz CT molecular complexity index is 1380. The predicted molar refractivity (Wildman–Crippen MR) is 131 cm³/mol. The van der Waals surface area contributed by atoms with Crippen LogP contribution in [0.3, 0.4) is 0 Å². The number of carboxylic acid groups (broad SMARTS) is 1. The largest absolute Gasteiger partial charge is 0.573 e. The first kappa shape index (κ1) is 25.6. The van der Waals surface area contributed by atoms with Crippen molar-refractivity contribution in [2.75, 3.05) is 4.90 Å². The quantitative estimate of drug-likeness (QED) is 0.386. The number of fused-ring (bicyclic) bond motifs is 2. The van der Waals surface area contributed by atoms with E-state index in [9.17, 15) is 23.1 Å². The topological polar surface area (TPSA) is 111 Å². The van der Waals surface area contributed by atoms with Gasteiger partial charge in [0.1, 0.15) is 23.0 Å². The molecule has 2 aromatic heterocycles. The summed E-state index contributed by atoms with van der Waals surface area (Å²) in [6.45, 7) is 1.81. The number of halogens is 3. The van der Waals surface area contributed by atoms with Gasteiger partial charge in [0.15, 0.2) is 5.69 Å². The summed E-state index contributed by atoms with van der Waals surface area (Å²) in [6, 6.07) is 6.26. The van der Waals surface area contributed by atoms with E-state index in [1.165, 1.54) is 24.4 Å². The monoisotopic (exact) mass is 544 g/mol. The molecule has 0 spiro atoms. The van der Waals surface area contributed by atoms with Crippen LogP contribution in [-0.2, 0) is 11.3 Å². The molecule has 9 nitrogen and oxygen atoms in total. The normalized spacial score (nSPS) is 22.8. The van der Waals surface area contributed by atoms with Gasteiger partial charge in [-0.1, -0.05) is 17.3 Å². The molecule has 3 aliphatic rings. The number of alkyl halides is 3. The summed E-state index contributed by atoms with van der Waals surface area (Å²) >= 11 is 0. The maximum atomic E-state index is 13.1. The number of nitrogens with zero attached hydrogens (tertiary/aromatic N) is 4. The number of aromatic nitrogens is 3. The summed E-state index contributed by atoms with van der Waals surface area (Å²) in [4.78, 5) is 22.2. The minimum absolute atomic E-state index is 0.0532. The Labute approximate surface area is 221 Å². The Kier molecular flexibility index (Phi) is 6.44. The van der Waals surface area contributed by atoms with E-state index in [0.717, 1.165) is 38.5 Å². The van der Waals surface area contributed by atoms with E-state index in [2.05, 4.69) is 24.8 Å². The van der Waals surface area contributed by atoms with Gasteiger partial charge < -0.3 is 24.0 Å². The maximum Gasteiger partial charge on any atom is 0.573 e. The second kappa shape index (κ2) is 9.82. The highest BCUT2D eigenvalue weighted by Crippen LogP contribution is 2.46. The molecular formula is C27H27F3N4O5. The van der Waals surface area contributed by atoms with Crippen LogP contribution in [0.15, 0.2) is 35.0 Å². The lowest BCUT2D eigenvalue weighted by Gasteiger charge is -2.39. The van der Waals surface area contributed by atoms with Crippen LogP contribution in [0.1, 0.15) is 71.9 Å². The molecule has 4 heterocycles. The molecule has 0 unspecified atom stereocenters. The van der Waals surface area contributed by atoms with Gasteiger partial charge in [-0.05, 0) is 57.6 Å². The van der Waals surface area contributed by atoms with Crippen LogP contribution < -0.4 is 9.64 Å². The third-order valence-electron chi connectivity index (χ3n) is 7.69. The first-order chi connectivity index (χ1) is 18.7. The van der Waals surface area contributed by atoms with E-state index in [0.29, 0.717) is 28.5 Å². The predicted octanol–water partition coefficient (Wildman–Crippen LogP) is 5.63. The molecule has 1 N–H and O–H groups in total. The zero-order valence-corrected chi connectivity index (χ0v) is 21.1. The fourth-order valence-corrected chi connectivity index (χ4v) is 5.86. The molecular weight excluding hydrogens is 517 g/mol.